The number of halogens is 2. The van der Waals surface area contributed by atoms with Crippen molar-refractivity contribution in [1.82, 2.24) is 25.3 Å². The molecule has 144 valence electrons. The van der Waals surface area contributed by atoms with Crippen molar-refractivity contribution >= 4 is 44.9 Å². The number of nitrogens with one attached hydrogen (secondary N) is 3. The van der Waals surface area contributed by atoms with Crippen LogP contribution in [-0.2, 0) is 7.05 Å². The third-order valence-corrected chi connectivity index (χ3v) is 5.69. The largest absolute Gasteiger partial charge is 0.338 e. The van der Waals surface area contributed by atoms with Crippen molar-refractivity contribution in [3.63, 3.8) is 0 Å². The van der Waals surface area contributed by atoms with E-state index >= 15 is 0 Å². The van der Waals surface area contributed by atoms with Gasteiger partial charge in [0, 0.05) is 24.3 Å². The van der Waals surface area contributed by atoms with E-state index in [1.807, 2.05) is 12.1 Å². The van der Waals surface area contributed by atoms with Crippen LogP contribution in [0.3, 0.4) is 0 Å². The fourth-order valence-corrected chi connectivity index (χ4v) is 4.35. The first-order chi connectivity index (χ1) is 13.6. The van der Waals surface area contributed by atoms with Crippen molar-refractivity contribution in [3.05, 3.63) is 46.9 Å². The van der Waals surface area contributed by atoms with E-state index in [0.717, 1.165) is 42.2 Å². The van der Waals surface area contributed by atoms with Crippen LogP contribution in [0.25, 0.3) is 21.8 Å². The molecule has 4 aromatic rings. The lowest BCUT2D eigenvalue weighted by atomic mass is 9.90. The van der Waals surface area contributed by atoms with Gasteiger partial charge in [-0.1, -0.05) is 11.6 Å². The second-order valence-corrected chi connectivity index (χ2v) is 7.75. The number of fused-ring (bicyclic) bond motifs is 2. The standard InChI is InChI=1S/C20H20ClFN6/c1-28-10-13-6-14(9-16(22)19(13)27-28)24-20-18-15(21)7-12(8-17(18)25-26-20)11-2-4-23-5-3-11/h6-11,23H,2-5H2,1H3,(H2,24,25,26). The molecular weight excluding hydrogens is 379 g/mol. The molecule has 0 amide bonds. The second-order valence-electron chi connectivity index (χ2n) is 7.35. The molecule has 1 aliphatic rings. The Morgan fingerprint density at radius 3 is 2.86 bits per heavy atom. The second kappa shape index (κ2) is 6.76. The normalized spacial score (nSPS) is 15.5. The van der Waals surface area contributed by atoms with E-state index in [0.29, 0.717) is 28.0 Å². The molecule has 0 aliphatic carbocycles. The molecule has 0 unspecified atom stereocenters. The zero-order valence-electron chi connectivity index (χ0n) is 15.4. The maximum Gasteiger partial charge on any atom is 0.161 e. The van der Waals surface area contributed by atoms with Crippen molar-refractivity contribution in [2.75, 3.05) is 18.4 Å². The van der Waals surface area contributed by atoms with Gasteiger partial charge in [-0.2, -0.15) is 10.2 Å². The molecule has 5 rings (SSSR count). The molecule has 1 fully saturated rings. The van der Waals surface area contributed by atoms with Gasteiger partial charge in [0.15, 0.2) is 11.6 Å². The summed E-state index contributed by atoms with van der Waals surface area (Å²) >= 11 is 6.62. The summed E-state index contributed by atoms with van der Waals surface area (Å²) in [6.07, 6.45) is 3.99. The van der Waals surface area contributed by atoms with E-state index < -0.39 is 0 Å². The average molecular weight is 399 g/mol. The van der Waals surface area contributed by atoms with Crippen LogP contribution < -0.4 is 10.6 Å². The summed E-state index contributed by atoms with van der Waals surface area (Å²) in [7, 11) is 1.77. The molecule has 8 heteroatoms. The fraction of sp³-hybridized carbons (Fsp3) is 0.300. The first-order valence-electron chi connectivity index (χ1n) is 9.36. The first kappa shape index (κ1) is 17.5. The number of aryl methyl sites for hydroxylation is 1. The number of rotatable bonds is 3. The minimum Gasteiger partial charge on any atom is -0.338 e. The molecule has 1 saturated heterocycles. The number of H-pyrrole nitrogens is 1. The average Bonchev–Trinajstić information content (AvgIpc) is 3.26. The van der Waals surface area contributed by atoms with Crippen LogP contribution in [0.4, 0.5) is 15.9 Å². The Morgan fingerprint density at radius 2 is 2.04 bits per heavy atom. The van der Waals surface area contributed by atoms with Gasteiger partial charge in [0.1, 0.15) is 5.52 Å². The third-order valence-electron chi connectivity index (χ3n) is 5.39. The minimum absolute atomic E-state index is 0.351. The first-order valence-corrected chi connectivity index (χ1v) is 9.74. The highest BCUT2D eigenvalue weighted by atomic mass is 35.5. The summed E-state index contributed by atoms with van der Waals surface area (Å²) in [6.45, 7) is 2.05. The van der Waals surface area contributed by atoms with Gasteiger partial charge in [0.05, 0.1) is 15.9 Å². The number of nitrogens with zero attached hydrogens (tertiary/aromatic N) is 3. The van der Waals surface area contributed by atoms with Crippen LogP contribution in [-0.4, -0.2) is 33.1 Å². The van der Waals surface area contributed by atoms with E-state index in [4.69, 9.17) is 11.6 Å². The van der Waals surface area contributed by atoms with Gasteiger partial charge >= 0.3 is 0 Å². The number of anilines is 2. The molecule has 0 atom stereocenters. The summed E-state index contributed by atoms with van der Waals surface area (Å²) in [5.74, 6) is 0.712. The van der Waals surface area contributed by atoms with Gasteiger partial charge in [-0.3, -0.25) is 9.78 Å². The highest BCUT2D eigenvalue weighted by molar-refractivity contribution is 6.36. The SMILES string of the molecule is Cn1cc2cc(Nc3n[nH]c4cc(C5CCNCC5)cc(Cl)c34)cc(F)c2n1. The lowest BCUT2D eigenvalue weighted by Gasteiger charge is -2.23. The minimum atomic E-state index is -0.375. The maximum absolute atomic E-state index is 14.4. The van der Waals surface area contributed by atoms with Crippen LogP contribution in [0.15, 0.2) is 30.5 Å². The van der Waals surface area contributed by atoms with Gasteiger partial charge in [-0.25, -0.2) is 4.39 Å². The summed E-state index contributed by atoms with van der Waals surface area (Å²) in [5, 5.41) is 20.3. The highest BCUT2D eigenvalue weighted by Gasteiger charge is 2.19. The molecule has 0 saturated carbocycles. The molecule has 0 bridgehead atoms. The number of benzene rings is 2. The van der Waals surface area contributed by atoms with E-state index in [1.54, 1.807) is 17.9 Å². The van der Waals surface area contributed by atoms with Crippen LogP contribution in [0.5, 0.6) is 0 Å². The Hall–Kier alpha value is -2.64. The summed E-state index contributed by atoms with van der Waals surface area (Å²) in [5.41, 5.74) is 3.07. The predicted molar refractivity (Wildman–Crippen MR) is 110 cm³/mol. The van der Waals surface area contributed by atoms with E-state index in [9.17, 15) is 4.39 Å². The number of aromatic nitrogens is 4. The van der Waals surface area contributed by atoms with Crippen molar-refractivity contribution in [1.29, 1.82) is 0 Å². The zero-order valence-corrected chi connectivity index (χ0v) is 16.1. The van der Waals surface area contributed by atoms with E-state index in [2.05, 4.69) is 32.0 Å². The maximum atomic E-state index is 14.4. The van der Waals surface area contributed by atoms with Crippen molar-refractivity contribution in [2.45, 2.75) is 18.8 Å². The smallest absolute Gasteiger partial charge is 0.161 e. The Kier molecular flexibility index (Phi) is 4.21. The summed E-state index contributed by atoms with van der Waals surface area (Å²) < 4.78 is 16.0. The van der Waals surface area contributed by atoms with Crippen LogP contribution in [0, 0.1) is 5.82 Å². The number of aromatic amines is 1. The van der Waals surface area contributed by atoms with Gasteiger partial charge in [0.2, 0.25) is 0 Å². The number of hydrogen-bond acceptors (Lipinski definition) is 4. The number of piperidine rings is 1. The third kappa shape index (κ3) is 3.00. The summed E-state index contributed by atoms with van der Waals surface area (Å²) in [4.78, 5) is 0. The number of hydrogen-bond donors (Lipinski definition) is 3. The predicted octanol–water partition coefficient (Wildman–Crippen LogP) is 4.45. The zero-order chi connectivity index (χ0) is 19.3. The fourth-order valence-electron chi connectivity index (χ4n) is 4.03. The Labute approximate surface area is 166 Å². The van der Waals surface area contributed by atoms with Crippen LogP contribution in [0.1, 0.15) is 24.3 Å². The Balaban J connectivity index is 1.51. The molecule has 2 aromatic carbocycles. The lowest BCUT2D eigenvalue weighted by molar-refractivity contribution is 0.460. The Bertz CT molecular complexity index is 1170. The molecule has 2 aromatic heterocycles. The highest BCUT2D eigenvalue weighted by Crippen LogP contribution is 2.36. The van der Waals surface area contributed by atoms with Crippen molar-refractivity contribution in [3.8, 4) is 0 Å². The molecule has 28 heavy (non-hydrogen) atoms. The topological polar surface area (TPSA) is 70.6 Å². The molecule has 3 heterocycles. The molecule has 6 nitrogen and oxygen atoms in total. The van der Waals surface area contributed by atoms with Crippen molar-refractivity contribution in [2.24, 2.45) is 7.05 Å². The molecule has 0 radical (unpaired) electrons. The van der Waals surface area contributed by atoms with Gasteiger partial charge in [-0.05, 0) is 61.7 Å². The van der Waals surface area contributed by atoms with Gasteiger partial charge in [0.25, 0.3) is 0 Å². The van der Waals surface area contributed by atoms with Crippen LogP contribution >= 0.6 is 11.6 Å². The van der Waals surface area contributed by atoms with E-state index in [-0.39, 0.29) is 5.82 Å². The molecule has 1 aliphatic heterocycles. The molecule has 3 N–H and O–H groups in total. The Morgan fingerprint density at radius 1 is 1.21 bits per heavy atom. The quantitative estimate of drug-likeness (QED) is 0.476. The van der Waals surface area contributed by atoms with E-state index in [1.165, 1.54) is 11.6 Å². The molecular formula is C20H20ClFN6. The van der Waals surface area contributed by atoms with Gasteiger partial charge < -0.3 is 10.6 Å². The van der Waals surface area contributed by atoms with Crippen molar-refractivity contribution < 1.29 is 4.39 Å². The molecule has 0 spiro atoms. The monoisotopic (exact) mass is 398 g/mol. The lowest BCUT2D eigenvalue weighted by Crippen LogP contribution is -2.26. The van der Waals surface area contributed by atoms with Crippen LogP contribution in [0.2, 0.25) is 5.02 Å². The summed E-state index contributed by atoms with van der Waals surface area (Å²) in [6, 6.07) is 7.43. The van der Waals surface area contributed by atoms with Gasteiger partial charge in [-0.15, -0.1) is 0 Å².